The molecule has 0 radical (unpaired) electrons. The zero-order valence-electron chi connectivity index (χ0n) is 9.00. The second-order valence-electron chi connectivity index (χ2n) is 4.14. The van der Waals surface area contributed by atoms with Crippen LogP contribution in [0.5, 0.6) is 0 Å². The first-order chi connectivity index (χ1) is 7.95. The van der Waals surface area contributed by atoms with Crippen LogP contribution in [0.15, 0.2) is 36.9 Å². The SMILES string of the molecule is c1ccc2c(c1)CCCC2c1ncncn1. The molecule has 16 heavy (non-hydrogen) atoms. The van der Waals surface area contributed by atoms with E-state index in [1.165, 1.54) is 24.0 Å². The molecule has 3 heteroatoms. The number of hydrogen-bond donors (Lipinski definition) is 0. The highest BCUT2D eigenvalue weighted by Crippen LogP contribution is 2.34. The summed E-state index contributed by atoms with van der Waals surface area (Å²) in [5, 5.41) is 0. The zero-order chi connectivity index (χ0) is 10.8. The fourth-order valence-electron chi connectivity index (χ4n) is 2.45. The van der Waals surface area contributed by atoms with Gasteiger partial charge in [-0.3, -0.25) is 0 Å². The minimum absolute atomic E-state index is 0.355. The van der Waals surface area contributed by atoms with Crippen LogP contribution in [0.3, 0.4) is 0 Å². The summed E-state index contributed by atoms with van der Waals surface area (Å²) in [6.45, 7) is 0. The summed E-state index contributed by atoms with van der Waals surface area (Å²) in [6.07, 6.45) is 6.70. The van der Waals surface area contributed by atoms with E-state index in [4.69, 9.17) is 0 Å². The smallest absolute Gasteiger partial charge is 0.139 e. The summed E-state index contributed by atoms with van der Waals surface area (Å²) in [5.41, 5.74) is 2.83. The van der Waals surface area contributed by atoms with Gasteiger partial charge in [0.05, 0.1) is 0 Å². The first-order valence-electron chi connectivity index (χ1n) is 5.65. The molecule has 0 N–H and O–H groups in total. The van der Waals surface area contributed by atoms with Gasteiger partial charge in [0.2, 0.25) is 0 Å². The van der Waals surface area contributed by atoms with Crippen molar-refractivity contribution < 1.29 is 0 Å². The maximum Gasteiger partial charge on any atom is 0.139 e. The normalized spacial score (nSPS) is 19.1. The summed E-state index contributed by atoms with van der Waals surface area (Å²) >= 11 is 0. The lowest BCUT2D eigenvalue weighted by Gasteiger charge is -2.23. The molecule has 3 rings (SSSR count). The van der Waals surface area contributed by atoms with Gasteiger partial charge in [0.25, 0.3) is 0 Å². The van der Waals surface area contributed by atoms with Gasteiger partial charge in [0.15, 0.2) is 0 Å². The molecule has 3 nitrogen and oxygen atoms in total. The average molecular weight is 211 g/mol. The highest BCUT2D eigenvalue weighted by atomic mass is 15.0. The van der Waals surface area contributed by atoms with Gasteiger partial charge in [-0.2, -0.15) is 0 Å². The van der Waals surface area contributed by atoms with Crippen molar-refractivity contribution in [2.75, 3.05) is 0 Å². The summed E-state index contributed by atoms with van der Waals surface area (Å²) in [6, 6.07) is 8.61. The minimum atomic E-state index is 0.355. The average Bonchev–Trinajstić information content (AvgIpc) is 2.39. The second kappa shape index (κ2) is 4.00. The van der Waals surface area contributed by atoms with E-state index in [1.807, 2.05) is 0 Å². The lowest BCUT2D eigenvalue weighted by molar-refractivity contribution is 0.587. The van der Waals surface area contributed by atoms with E-state index in [0.29, 0.717) is 5.92 Å². The van der Waals surface area contributed by atoms with E-state index < -0.39 is 0 Å². The van der Waals surface area contributed by atoms with Gasteiger partial charge in [-0.25, -0.2) is 15.0 Å². The van der Waals surface area contributed by atoms with Crippen LogP contribution in [-0.4, -0.2) is 15.0 Å². The van der Waals surface area contributed by atoms with Crippen LogP contribution < -0.4 is 0 Å². The van der Waals surface area contributed by atoms with Gasteiger partial charge < -0.3 is 0 Å². The first kappa shape index (κ1) is 9.46. The van der Waals surface area contributed by atoms with Crippen LogP contribution >= 0.6 is 0 Å². The summed E-state index contributed by atoms with van der Waals surface area (Å²) in [4.78, 5) is 12.4. The standard InChI is InChI=1S/C13H13N3/c1-2-6-11-10(4-1)5-3-7-12(11)13-15-8-14-9-16-13/h1-2,4,6,8-9,12H,3,5,7H2. The third kappa shape index (κ3) is 1.58. The van der Waals surface area contributed by atoms with E-state index in [9.17, 15) is 0 Å². The molecule has 80 valence electrons. The number of benzene rings is 1. The number of aryl methyl sites for hydroxylation is 1. The molecule has 1 heterocycles. The Morgan fingerprint density at radius 1 is 1.06 bits per heavy atom. The molecule has 0 saturated heterocycles. The van der Waals surface area contributed by atoms with Crippen molar-refractivity contribution in [1.29, 1.82) is 0 Å². The van der Waals surface area contributed by atoms with Crippen molar-refractivity contribution in [3.63, 3.8) is 0 Å². The maximum atomic E-state index is 4.28. The molecule has 1 aliphatic rings. The van der Waals surface area contributed by atoms with Crippen LogP contribution in [0.2, 0.25) is 0 Å². The number of fused-ring (bicyclic) bond motifs is 1. The van der Waals surface area contributed by atoms with Crippen molar-refractivity contribution in [3.8, 4) is 0 Å². The molecular formula is C13H13N3. The molecule has 1 atom stereocenters. The van der Waals surface area contributed by atoms with Crippen LogP contribution in [0.1, 0.15) is 35.7 Å². The zero-order valence-corrected chi connectivity index (χ0v) is 9.00. The van der Waals surface area contributed by atoms with Gasteiger partial charge in [-0.05, 0) is 30.4 Å². The second-order valence-corrected chi connectivity index (χ2v) is 4.14. The van der Waals surface area contributed by atoms with Crippen LogP contribution in [-0.2, 0) is 6.42 Å². The minimum Gasteiger partial charge on any atom is -0.225 e. The van der Waals surface area contributed by atoms with Crippen molar-refractivity contribution in [1.82, 2.24) is 15.0 Å². The molecular weight excluding hydrogens is 198 g/mol. The van der Waals surface area contributed by atoms with Crippen molar-refractivity contribution >= 4 is 0 Å². The Morgan fingerprint density at radius 2 is 1.88 bits per heavy atom. The molecule has 1 aromatic carbocycles. The lowest BCUT2D eigenvalue weighted by atomic mass is 9.82. The monoisotopic (exact) mass is 211 g/mol. The topological polar surface area (TPSA) is 38.7 Å². The predicted molar refractivity (Wildman–Crippen MR) is 61.1 cm³/mol. The lowest BCUT2D eigenvalue weighted by Crippen LogP contribution is -2.13. The van der Waals surface area contributed by atoms with E-state index >= 15 is 0 Å². The summed E-state index contributed by atoms with van der Waals surface area (Å²) < 4.78 is 0. The van der Waals surface area contributed by atoms with Gasteiger partial charge in [0, 0.05) is 5.92 Å². The fourth-order valence-corrected chi connectivity index (χ4v) is 2.45. The van der Waals surface area contributed by atoms with Crippen molar-refractivity contribution in [2.45, 2.75) is 25.2 Å². The predicted octanol–water partition coefficient (Wildman–Crippen LogP) is 2.34. The molecule has 0 saturated carbocycles. The summed E-state index contributed by atoms with van der Waals surface area (Å²) in [5.74, 6) is 1.26. The Hall–Kier alpha value is -1.77. The Balaban J connectivity index is 2.05. The number of aromatic nitrogens is 3. The fraction of sp³-hybridized carbons (Fsp3) is 0.308. The third-order valence-electron chi connectivity index (χ3n) is 3.19. The van der Waals surface area contributed by atoms with Crippen LogP contribution in [0, 0.1) is 0 Å². The molecule has 1 aromatic heterocycles. The molecule has 1 aliphatic carbocycles. The maximum absolute atomic E-state index is 4.28. The Morgan fingerprint density at radius 3 is 2.75 bits per heavy atom. The Kier molecular flexibility index (Phi) is 2.37. The summed E-state index contributed by atoms with van der Waals surface area (Å²) in [7, 11) is 0. The third-order valence-corrected chi connectivity index (χ3v) is 3.19. The number of rotatable bonds is 1. The molecule has 0 spiro atoms. The highest BCUT2D eigenvalue weighted by molar-refractivity contribution is 5.35. The quantitative estimate of drug-likeness (QED) is 0.726. The molecule has 0 fully saturated rings. The molecule has 0 bridgehead atoms. The van der Waals surface area contributed by atoms with E-state index in [2.05, 4.69) is 39.2 Å². The van der Waals surface area contributed by atoms with Gasteiger partial charge in [-0.1, -0.05) is 24.3 Å². The van der Waals surface area contributed by atoms with Gasteiger partial charge >= 0.3 is 0 Å². The van der Waals surface area contributed by atoms with E-state index in [-0.39, 0.29) is 0 Å². The van der Waals surface area contributed by atoms with E-state index in [0.717, 1.165) is 12.2 Å². The Labute approximate surface area is 94.6 Å². The number of hydrogen-bond acceptors (Lipinski definition) is 3. The highest BCUT2D eigenvalue weighted by Gasteiger charge is 2.23. The first-order valence-corrected chi connectivity index (χ1v) is 5.65. The molecule has 0 aliphatic heterocycles. The van der Waals surface area contributed by atoms with Gasteiger partial charge in [-0.15, -0.1) is 0 Å². The molecule has 0 amide bonds. The van der Waals surface area contributed by atoms with Gasteiger partial charge in [0.1, 0.15) is 18.5 Å². The van der Waals surface area contributed by atoms with Crippen LogP contribution in [0.4, 0.5) is 0 Å². The van der Waals surface area contributed by atoms with Crippen molar-refractivity contribution in [2.24, 2.45) is 0 Å². The molecule has 2 aromatic rings. The Bertz CT molecular complexity index is 482. The largest absolute Gasteiger partial charge is 0.225 e. The van der Waals surface area contributed by atoms with Crippen LogP contribution in [0.25, 0.3) is 0 Å². The van der Waals surface area contributed by atoms with Crippen molar-refractivity contribution in [3.05, 3.63) is 53.9 Å². The number of nitrogens with zero attached hydrogens (tertiary/aromatic N) is 3. The van der Waals surface area contributed by atoms with E-state index in [1.54, 1.807) is 12.7 Å². The molecule has 1 unspecified atom stereocenters.